The van der Waals surface area contributed by atoms with Gasteiger partial charge in [0.25, 0.3) is 0 Å². The van der Waals surface area contributed by atoms with E-state index in [4.69, 9.17) is 4.74 Å². The van der Waals surface area contributed by atoms with Crippen molar-refractivity contribution in [2.75, 3.05) is 32.5 Å². The van der Waals surface area contributed by atoms with Crippen LogP contribution >= 0.6 is 0 Å². The van der Waals surface area contributed by atoms with Crippen molar-refractivity contribution < 1.29 is 9.53 Å². The molecule has 0 bridgehead atoms. The zero-order valence-corrected chi connectivity index (χ0v) is 17.0. The Morgan fingerprint density at radius 3 is 2.61 bits per heavy atom. The van der Waals surface area contributed by atoms with Gasteiger partial charge in [-0.05, 0) is 63.2 Å². The second kappa shape index (κ2) is 9.55. The van der Waals surface area contributed by atoms with Gasteiger partial charge in [0.1, 0.15) is 11.9 Å². The van der Waals surface area contributed by atoms with Crippen molar-refractivity contribution >= 4 is 11.7 Å². The summed E-state index contributed by atoms with van der Waals surface area (Å²) in [6.45, 7) is 4.16. The number of likely N-dealkylation sites (tertiary alicyclic amines) is 1. The SMILES string of the molecule is C[C@@H](Cc1ccccn1)N(C)C(=O)Nc1ccc(OC2CCN(C)CC2)cc1. The summed E-state index contributed by atoms with van der Waals surface area (Å²) in [5, 5.41) is 2.95. The number of likely N-dealkylation sites (N-methyl/N-ethyl adjacent to an activating group) is 1. The summed E-state index contributed by atoms with van der Waals surface area (Å²) in [5.74, 6) is 0.851. The largest absolute Gasteiger partial charge is 0.490 e. The first-order chi connectivity index (χ1) is 13.5. The Morgan fingerprint density at radius 2 is 1.96 bits per heavy atom. The number of carbonyl (C=O) groups excluding carboxylic acids is 1. The molecule has 1 aliphatic heterocycles. The number of amides is 2. The van der Waals surface area contributed by atoms with E-state index < -0.39 is 0 Å². The number of nitrogens with zero attached hydrogens (tertiary/aromatic N) is 3. The number of ether oxygens (including phenoxy) is 1. The second-order valence-electron chi connectivity index (χ2n) is 7.56. The molecule has 6 heteroatoms. The first-order valence-corrected chi connectivity index (χ1v) is 9.90. The van der Waals surface area contributed by atoms with Gasteiger partial charge >= 0.3 is 6.03 Å². The minimum Gasteiger partial charge on any atom is -0.490 e. The highest BCUT2D eigenvalue weighted by Gasteiger charge is 2.19. The lowest BCUT2D eigenvalue weighted by molar-refractivity contribution is 0.114. The molecule has 28 heavy (non-hydrogen) atoms. The van der Waals surface area contributed by atoms with Crippen molar-refractivity contribution in [3.05, 3.63) is 54.4 Å². The van der Waals surface area contributed by atoms with Gasteiger partial charge in [0.15, 0.2) is 0 Å². The molecule has 0 unspecified atom stereocenters. The van der Waals surface area contributed by atoms with Gasteiger partial charge < -0.3 is 19.9 Å². The number of carbonyl (C=O) groups is 1. The van der Waals surface area contributed by atoms with Gasteiger partial charge in [-0.25, -0.2) is 4.79 Å². The molecule has 1 fully saturated rings. The summed E-state index contributed by atoms with van der Waals surface area (Å²) < 4.78 is 6.06. The molecule has 2 aromatic rings. The van der Waals surface area contributed by atoms with Crippen LogP contribution in [0.25, 0.3) is 0 Å². The number of anilines is 1. The molecular weight excluding hydrogens is 352 g/mol. The molecule has 1 aliphatic rings. The summed E-state index contributed by atoms with van der Waals surface area (Å²) in [5.41, 5.74) is 1.74. The number of hydrogen-bond donors (Lipinski definition) is 1. The number of nitrogens with one attached hydrogen (secondary N) is 1. The minimum atomic E-state index is -0.132. The van der Waals surface area contributed by atoms with E-state index in [2.05, 4.69) is 22.2 Å². The van der Waals surface area contributed by atoms with Crippen LogP contribution in [0.2, 0.25) is 0 Å². The zero-order valence-electron chi connectivity index (χ0n) is 17.0. The smallest absolute Gasteiger partial charge is 0.321 e. The Hall–Kier alpha value is -2.60. The molecule has 1 N–H and O–H groups in total. The van der Waals surface area contributed by atoms with E-state index in [1.54, 1.807) is 18.1 Å². The molecule has 2 heterocycles. The van der Waals surface area contributed by atoms with Gasteiger partial charge in [-0.15, -0.1) is 0 Å². The molecule has 1 atom stereocenters. The van der Waals surface area contributed by atoms with Crippen LogP contribution in [0.1, 0.15) is 25.5 Å². The number of rotatable bonds is 6. The lowest BCUT2D eigenvalue weighted by Gasteiger charge is -2.29. The van der Waals surface area contributed by atoms with Crippen molar-refractivity contribution in [1.82, 2.24) is 14.8 Å². The standard InChI is InChI=1S/C22H30N4O2/c1-17(16-19-6-4-5-13-23-19)26(3)22(27)24-18-7-9-20(10-8-18)28-21-11-14-25(2)15-12-21/h4-10,13,17,21H,11-12,14-16H2,1-3H3,(H,24,27)/t17-/m0/s1. The van der Waals surface area contributed by atoms with Crippen LogP contribution in [0, 0.1) is 0 Å². The number of aromatic nitrogens is 1. The molecule has 0 radical (unpaired) electrons. The van der Waals surface area contributed by atoms with Crippen molar-refractivity contribution in [1.29, 1.82) is 0 Å². The Kier molecular flexibility index (Phi) is 6.87. The van der Waals surface area contributed by atoms with Gasteiger partial charge in [-0.1, -0.05) is 6.07 Å². The Morgan fingerprint density at radius 1 is 1.25 bits per heavy atom. The van der Waals surface area contributed by atoms with Gasteiger partial charge in [0, 0.05) is 50.2 Å². The van der Waals surface area contributed by atoms with E-state index in [1.807, 2.05) is 49.4 Å². The van der Waals surface area contributed by atoms with Gasteiger partial charge in [0.2, 0.25) is 0 Å². The second-order valence-corrected chi connectivity index (χ2v) is 7.56. The van der Waals surface area contributed by atoms with Crippen LogP contribution in [-0.4, -0.2) is 60.1 Å². The third-order valence-electron chi connectivity index (χ3n) is 5.29. The van der Waals surface area contributed by atoms with Crippen LogP contribution in [0.5, 0.6) is 5.75 Å². The fraction of sp³-hybridized carbons (Fsp3) is 0.455. The summed E-state index contributed by atoms with van der Waals surface area (Å²) in [6, 6.07) is 13.4. The van der Waals surface area contributed by atoms with Crippen molar-refractivity contribution in [2.45, 2.75) is 38.3 Å². The molecule has 2 amide bonds. The minimum absolute atomic E-state index is 0.0435. The molecule has 0 saturated carbocycles. The van der Waals surface area contributed by atoms with E-state index in [0.29, 0.717) is 6.42 Å². The average Bonchev–Trinajstić information content (AvgIpc) is 2.71. The fourth-order valence-corrected chi connectivity index (χ4v) is 3.28. The molecule has 1 aromatic carbocycles. The fourth-order valence-electron chi connectivity index (χ4n) is 3.28. The van der Waals surface area contributed by atoms with Crippen molar-refractivity contribution in [3.8, 4) is 5.75 Å². The first-order valence-electron chi connectivity index (χ1n) is 9.90. The molecule has 3 rings (SSSR count). The third kappa shape index (κ3) is 5.70. The number of hydrogen-bond acceptors (Lipinski definition) is 4. The quantitative estimate of drug-likeness (QED) is 0.829. The topological polar surface area (TPSA) is 57.7 Å². The molecule has 0 spiro atoms. The summed E-state index contributed by atoms with van der Waals surface area (Å²) in [4.78, 5) is 20.9. The van der Waals surface area contributed by atoms with Crippen LogP contribution in [0.3, 0.4) is 0 Å². The van der Waals surface area contributed by atoms with E-state index in [0.717, 1.165) is 43.1 Å². The highest BCUT2D eigenvalue weighted by molar-refractivity contribution is 5.89. The molecule has 0 aliphatic carbocycles. The number of piperidine rings is 1. The number of urea groups is 1. The van der Waals surface area contributed by atoms with Gasteiger partial charge in [-0.2, -0.15) is 0 Å². The summed E-state index contributed by atoms with van der Waals surface area (Å²) in [6.07, 6.45) is 4.86. The average molecular weight is 383 g/mol. The van der Waals surface area contributed by atoms with Gasteiger partial charge in [-0.3, -0.25) is 4.98 Å². The maximum Gasteiger partial charge on any atom is 0.321 e. The van der Waals surface area contributed by atoms with E-state index >= 15 is 0 Å². The monoisotopic (exact) mass is 382 g/mol. The molecule has 6 nitrogen and oxygen atoms in total. The predicted octanol–water partition coefficient (Wildman–Crippen LogP) is 3.65. The normalized spacial score (nSPS) is 16.4. The summed E-state index contributed by atoms with van der Waals surface area (Å²) in [7, 11) is 3.95. The maximum atomic E-state index is 12.5. The maximum absolute atomic E-state index is 12.5. The van der Waals surface area contributed by atoms with Crippen LogP contribution < -0.4 is 10.1 Å². The molecule has 1 aromatic heterocycles. The number of pyridine rings is 1. The van der Waals surface area contributed by atoms with Crippen molar-refractivity contribution in [3.63, 3.8) is 0 Å². The Labute approximate surface area is 167 Å². The van der Waals surface area contributed by atoms with E-state index in [1.165, 1.54) is 0 Å². The van der Waals surface area contributed by atoms with E-state index in [-0.39, 0.29) is 18.2 Å². The summed E-state index contributed by atoms with van der Waals surface area (Å²) >= 11 is 0. The van der Waals surface area contributed by atoms with Gasteiger partial charge in [0.05, 0.1) is 0 Å². The Balaban J connectivity index is 1.49. The first kappa shape index (κ1) is 20.1. The van der Waals surface area contributed by atoms with Crippen LogP contribution in [-0.2, 0) is 6.42 Å². The van der Waals surface area contributed by atoms with Crippen LogP contribution in [0.4, 0.5) is 10.5 Å². The molecular formula is C22H30N4O2. The Bertz CT molecular complexity index is 743. The zero-order chi connectivity index (χ0) is 19.9. The van der Waals surface area contributed by atoms with Crippen LogP contribution in [0.15, 0.2) is 48.7 Å². The highest BCUT2D eigenvalue weighted by atomic mass is 16.5. The number of benzene rings is 1. The third-order valence-corrected chi connectivity index (χ3v) is 5.29. The molecule has 150 valence electrons. The van der Waals surface area contributed by atoms with Crippen molar-refractivity contribution in [2.24, 2.45) is 0 Å². The lowest BCUT2D eigenvalue weighted by Crippen LogP contribution is -2.39. The van der Waals surface area contributed by atoms with E-state index in [9.17, 15) is 4.79 Å². The molecule has 1 saturated heterocycles. The lowest BCUT2D eigenvalue weighted by atomic mass is 10.1. The highest BCUT2D eigenvalue weighted by Crippen LogP contribution is 2.21. The predicted molar refractivity (Wildman–Crippen MR) is 112 cm³/mol.